The van der Waals surface area contributed by atoms with Crippen molar-refractivity contribution in [2.45, 2.75) is 6.61 Å². The van der Waals surface area contributed by atoms with Gasteiger partial charge >= 0.3 is 0 Å². The Morgan fingerprint density at radius 3 is 2.35 bits per heavy atom. The van der Waals surface area contributed by atoms with Crippen LogP contribution in [0.4, 0.5) is 10.1 Å². The number of ether oxygens (including phenoxy) is 1. The zero-order chi connectivity index (χ0) is 24.1. The van der Waals surface area contributed by atoms with Gasteiger partial charge in [-0.25, -0.2) is 4.39 Å². The van der Waals surface area contributed by atoms with Crippen LogP contribution < -0.4 is 10.1 Å². The normalized spacial score (nSPS) is 11.2. The lowest BCUT2D eigenvalue weighted by molar-refractivity contribution is -0.112. The molecule has 0 unspecified atom stereocenters. The average Bonchev–Trinajstić information content (AvgIpc) is 2.83. The van der Waals surface area contributed by atoms with Crippen LogP contribution in [0.25, 0.3) is 16.8 Å². The molecule has 1 amide bonds. The van der Waals surface area contributed by atoms with Gasteiger partial charge in [0.1, 0.15) is 29.8 Å². The van der Waals surface area contributed by atoms with Crippen LogP contribution in [0.5, 0.6) is 5.75 Å². The van der Waals surface area contributed by atoms with Crippen LogP contribution >= 0.6 is 45.2 Å². The first-order valence-corrected chi connectivity index (χ1v) is 12.4. The maximum absolute atomic E-state index is 13.8. The van der Waals surface area contributed by atoms with Crippen molar-refractivity contribution in [2.75, 3.05) is 5.32 Å². The zero-order valence-corrected chi connectivity index (χ0v) is 22.0. The van der Waals surface area contributed by atoms with Gasteiger partial charge in [0.15, 0.2) is 0 Å². The van der Waals surface area contributed by atoms with Crippen molar-refractivity contribution in [1.82, 2.24) is 0 Å². The Hall–Kier alpha value is -2.97. The Morgan fingerprint density at radius 1 is 0.971 bits per heavy atom. The summed E-state index contributed by atoms with van der Waals surface area (Å²) in [7, 11) is 0. The lowest BCUT2D eigenvalue weighted by atomic mass is 10.1. The third-order valence-corrected chi connectivity index (χ3v) is 6.62. The van der Waals surface area contributed by atoms with Crippen LogP contribution in [0.1, 0.15) is 11.1 Å². The maximum Gasteiger partial charge on any atom is 0.266 e. The predicted molar refractivity (Wildman–Crippen MR) is 149 cm³/mol. The van der Waals surface area contributed by atoms with Crippen molar-refractivity contribution >= 4 is 73.6 Å². The molecule has 0 atom stereocenters. The second kappa shape index (κ2) is 11.0. The zero-order valence-electron chi connectivity index (χ0n) is 17.7. The van der Waals surface area contributed by atoms with Crippen molar-refractivity contribution in [3.8, 4) is 11.8 Å². The highest BCUT2D eigenvalue weighted by atomic mass is 127. The molecule has 0 aliphatic heterocycles. The summed E-state index contributed by atoms with van der Waals surface area (Å²) in [6.07, 6.45) is 1.48. The molecule has 1 N–H and O–H groups in total. The summed E-state index contributed by atoms with van der Waals surface area (Å²) in [5.41, 5.74) is 1.63. The number of benzene rings is 4. The van der Waals surface area contributed by atoms with E-state index in [2.05, 4.69) is 74.8 Å². The van der Waals surface area contributed by atoms with Crippen molar-refractivity contribution in [2.24, 2.45) is 0 Å². The van der Waals surface area contributed by atoms with E-state index in [0.717, 1.165) is 23.8 Å². The summed E-state index contributed by atoms with van der Waals surface area (Å²) in [6.45, 7) is 0.417. The maximum atomic E-state index is 13.8. The molecule has 4 nitrogen and oxygen atoms in total. The minimum Gasteiger partial charge on any atom is -0.487 e. The molecule has 4 rings (SSSR count). The molecule has 168 valence electrons. The molecule has 0 saturated carbocycles. The van der Waals surface area contributed by atoms with E-state index < -0.39 is 11.7 Å². The molecule has 0 bridgehead atoms. The molecule has 0 spiro atoms. The van der Waals surface area contributed by atoms with Gasteiger partial charge in [0, 0.05) is 0 Å². The van der Waals surface area contributed by atoms with Gasteiger partial charge in [-0.15, -0.1) is 0 Å². The Labute approximate surface area is 223 Å². The smallest absolute Gasteiger partial charge is 0.266 e. The Bertz CT molecular complexity index is 1440. The van der Waals surface area contributed by atoms with Crippen LogP contribution in [0.15, 0.2) is 84.4 Å². The molecular weight excluding hydrogens is 657 g/mol. The fourth-order valence-corrected chi connectivity index (χ4v) is 5.48. The number of nitrogens with zero attached hydrogens (tertiary/aromatic N) is 1. The van der Waals surface area contributed by atoms with Crippen molar-refractivity contribution in [1.29, 1.82) is 5.26 Å². The third kappa shape index (κ3) is 5.74. The number of halogens is 3. The molecule has 0 fully saturated rings. The number of para-hydroxylation sites is 1. The van der Waals surface area contributed by atoms with Crippen molar-refractivity contribution in [3.63, 3.8) is 0 Å². The van der Waals surface area contributed by atoms with Gasteiger partial charge in [0.05, 0.1) is 12.8 Å². The van der Waals surface area contributed by atoms with E-state index in [-0.39, 0.29) is 11.3 Å². The summed E-state index contributed by atoms with van der Waals surface area (Å²) in [5, 5.41) is 14.3. The molecule has 0 heterocycles. The monoisotopic (exact) mass is 674 g/mol. The van der Waals surface area contributed by atoms with E-state index >= 15 is 0 Å². The van der Waals surface area contributed by atoms with Crippen molar-refractivity contribution < 1.29 is 13.9 Å². The molecule has 0 radical (unpaired) electrons. The molecular formula is C27H17FI2N2O2. The molecule has 7 heteroatoms. The van der Waals surface area contributed by atoms with Gasteiger partial charge in [-0.1, -0.05) is 48.5 Å². The highest BCUT2D eigenvalue weighted by molar-refractivity contribution is 14.1. The number of hydrogen-bond donors (Lipinski definition) is 1. The summed E-state index contributed by atoms with van der Waals surface area (Å²) >= 11 is 4.35. The lowest BCUT2D eigenvalue weighted by Gasteiger charge is -2.12. The standard InChI is InChI=1S/C27H17FI2N2O2/c28-22-7-3-4-8-25(22)32-27(33)21(15-31)12-18-13-23(29)26(24(30)14-18)34-16-17-9-10-19-5-1-2-6-20(19)11-17/h1-14H,16H2,(H,32,33)/b21-12-. The van der Waals surface area contributed by atoms with E-state index in [4.69, 9.17) is 4.74 Å². The van der Waals surface area contributed by atoms with Gasteiger partial charge < -0.3 is 10.1 Å². The molecule has 4 aromatic carbocycles. The van der Waals surface area contributed by atoms with E-state index in [1.165, 1.54) is 29.7 Å². The second-order valence-electron chi connectivity index (χ2n) is 7.39. The Morgan fingerprint density at radius 2 is 1.65 bits per heavy atom. The summed E-state index contributed by atoms with van der Waals surface area (Å²) in [6, 6.07) is 25.8. The van der Waals surface area contributed by atoms with Crippen molar-refractivity contribution in [3.05, 3.63) is 109 Å². The van der Waals surface area contributed by atoms with Crippen LogP contribution in [0.3, 0.4) is 0 Å². The van der Waals surface area contributed by atoms with Crippen LogP contribution in [-0.2, 0) is 11.4 Å². The van der Waals surface area contributed by atoms with E-state index in [1.807, 2.05) is 36.4 Å². The lowest BCUT2D eigenvalue weighted by Crippen LogP contribution is -2.14. The van der Waals surface area contributed by atoms with Gasteiger partial charge in [0.25, 0.3) is 5.91 Å². The largest absolute Gasteiger partial charge is 0.487 e. The first-order chi connectivity index (χ1) is 16.4. The van der Waals surface area contributed by atoms with Gasteiger partial charge in [-0.2, -0.15) is 5.26 Å². The number of amides is 1. The van der Waals surface area contributed by atoms with E-state index in [9.17, 15) is 14.4 Å². The minimum atomic E-state index is -0.672. The molecule has 4 aromatic rings. The van der Waals surface area contributed by atoms with Crippen LogP contribution in [0, 0.1) is 24.3 Å². The molecule has 0 saturated heterocycles. The number of nitrogens with one attached hydrogen (secondary N) is 1. The summed E-state index contributed by atoms with van der Waals surface area (Å²) < 4.78 is 21.6. The number of carbonyl (C=O) groups excluding carboxylic acids is 1. The summed E-state index contributed by atoms with van der Waals surface area (Å²) in [5.74, 6) is -0.500. The number of fused-ring (bicyclic) bond motifs is 1. The SMILES string of the molecule is N#C/C(=C/c1cc(I)c(OCc2ccc3ccccc3c2)c(I)c1)C(=O)Nc1ccccc1F. The number of carbonyl (C=O) groups is 1. The van der Waals surface area contributed by atoms with Crippen LogP contribution in [0.2, 0.25) is 0 Å². The first kappa shape index (κ1) is 24.2. The highest BCUT2D eigenvalue weighted by Gasteiger charge is 2.14. The fourth-order valence-electron chi connectivity index (χ4n) is 3.35. The third-order valence-electron chi connectivity index (χ3n) is 5.02. The quantitative estimate of drug-likeness (QED) is 0.133. The minimum absolute atomic E-state index is 0.0234. The van der Waals surface area contributed by atoms with Gasteiger partial charge in [0.2, 0.25) is 0 Å². The Kier molecular flexibility index (Phi) is 7.80. The Balaban J connectivity index is 1.51. The van der Waals surface area contributed by atoms with E-state index in [1.54, 1.807) is 6.07 Å². The topological polar surface area (TPSA) is 62.1 Å². The molecule has 0 aliphatic rings. The van der Waals surface area contributed by atoms with Gasteiger partial charge in [-0.05, 0) is 103 Å². The molecule has 0 aromatic heterocycles. The number of rotatable bonds is 6. The first-order valence-electron chi connectivity index (χ1n) is 10.2. The number of nitriles is 1. The highest BCUT2D eigenvalue weighted by Crippen LogP contribution is 2.31. The fraction of sp³-hybridized carbons (Fsp3) is 0.0370. The average molecular weight is 674 g/mol. The number of hydrogen-bond acceptors (Lipinski definition) is 3. The van der Waals surface area contributed by atoms with Crippen LogP contribution in [-0.4, -0.2) is 5.91 Å². The van der Waals surface area contributed by atoms with Gasteiger partial charge in [-0.3, -0.25) is 4.79 Å². The summed E-state index contributed by atoms with van der Waals surface area (Å²) in [4.78, 5) is 12.5. The number of anilines is 1. The predicted octanol–water partition coefficient (Wildman–Crippen LogP) is 7.31. The van der Waals surface area contributed by atoms with E-state index in [0.29, 0.717) is 12.2 Å². The molecule has 34 heavy (non-hydrogen) atoms. The second-order valence-corrected chi connectivity index (χ2v) is 9.71. The molecule has 0 aliphatic carbocycles.